The normalized spacial score (nSPS) is 11.5. The molecule has 0 radical (unpaired) electrons. The van der Waals surface area contributed by atoms with Gasteiger partial charge in [0.15, 0.2) is 11.7 Å². The molecule has 0 atom stereocenters. The largest absolute Gasteiger partial charge is 0.459 e. The summed E-state index contributed by atoms with van der Waals surface area (Å²) in [5.74, 6) is 0.773. The smallest absolute Gasteiger partial charge is 0.291 e. The maximum atomic E-state index is 12.1. The summed E-state index contributed by atoms with van der Waals surface area (Å²) in [4.78, 5) is 18.8. The van der Waals surface area contributed by atoms with Crippen LogP contribution in [0.5, 0.6) is 0 Å². The van der Waals surface area contributed by atoms with Gasteiger partial charge in [0.25, 0.3) is 5.91 Å². The molecule has 1 aromatic carbocycles. The molecule has 2 rings (SSSR count). The van der Waals surface area contributed by atoms with Crippen LogP contribution in [-0.2, 0) is 6.54 Å². The number of rotatable bonds is 9. The first-order valence-corrected chi connectivity index (χ1v) is 10.0. The molecule has 3 N–H and O–H groups in total. The average Bonchev–Trinajstić information content (AvgIpc) is 3.22. The lowest BCUT2D eigenvalue weighted by Crippen LogP contribution is -2.45. The van der Waals surface area contributed by atoms with Crippen molar-refractivity contribution >= 4 is 41.5 Å². The van der Waals surface area contributed by atoms with Gasteiger partial charge in [-0.15, -0.1) is 24.0 Å². The number of nitrogens with one attached hydrogen (secondary N) is 3. The zero-order chi connectivity index (χ0) is 21.2. The van der Waals surface area contributed by atoms with E-state index in [2.05, 4.69) is 53.5 Å². The number of aliphatic imine (C=N–C) groups is 1. The third kappa shape index (κ3) is 8.35. The van der Waals surface area contributed by atoms with Gasteiger partial charge >= 0.3 is 0 Å². The second kappa shape index (κ2) is 13.3. The first-order chi connectivity index (χ1) is 13.9. The fourth-order valence-corrected chi connectivity index (χ4v) is 3.18. The van der Waals surface area contributed by atoms with Crippen molar-refractivity contribution in [1.82, 2.24) is 15.5 Å². The van der Waals surface area contributed by atoms with Crippen molar-refractivity contribution < 1.29 is 9.21 Å². The molecule has 1 amide bonds. The number of anilines is 1. The Labute approximate surface area is 196 Å². The first kappa shape index (κ1) is 26.0. The summed E-state index contributed by atoms with van der Waals surface area (Å²) in [6, 6.07) is 12.0. The van der Waals surface area contributed by atoms with Crippen LogP contribution in [0.1, 0.15) is 43.8 Å². The van der Waals surface area contributed by atoms with Gasteiger partial charge in [0.2, 0.25) is 0 Å². The van der Waals surface area contributed by atoms with Crippen LogP contribution in [0.15, 0.2) is 52.1 Å². The number of amides is 1. The van der Waals surface area contributed by atoms with Crippen molar-refractivity contribution in [1.29, 1.82) is 0 Å². The van der Waals surface area contributed by atoms with Crippen molar-refractivity contribution in [3.05, 3.63) is 54.0 Å². The van der Waals surface area contributed by atoms with Crippen molar-refractivity contribution in [2.45, 2.75) is 46.3 Å². The van der Waals surface area contributed by atoms with E-state index in [4.69, 9.17) is 4.42 Å². The van der Waals surface area contributed by atoms with Crippen molar-refractivity contribution in [2.75, 3.05) is 25.5 Å². The average molecular weight is 527 g/mol. The maximum Gasteiger partial charge on any atom is 0.291 e. The van der Waals surface area contributed by atoms with Gasteiger partial charge in [-0.25, -0.2) is 0 Å². The van der Waals surface area contributed by atoms with Crippen LogP contribution in [0.4, 0.5) is 5.69 Å². The number of nitrogens with zero attached hydrogens (tertiary/aromatic N) is 2. The summed E-state index contributed by atoms with van der Waals surface area (Å²) in [6.45, 7) is 11.2. The molecule has 0 aliphatic carbocycles. The van der Waals surface area contributed by atoms with Crippen molar-refractivity contribution in [3.8, 4) is 0 Å². The fourth-order valence-electron chi connectivity index (χ4n) is 3.18. The van der Waals surface area contributed by atoms with Gasteiger partial charge in [0, 0.05) is 44.5 Å². The summed E-state index contributed by atoms with van der Waals surface area (Å²) in [7, 11) is 1.76. The van der Waals surface area contributed by atoms with E-state index in [-0.39, 0.29) is 35.6 Å². The maximum absolute atomic E-state index is 12.1. The Balaban J connectivity index is 0.00000450. The number of guanidine groups is 1. The highest BCUT2D eigenvalue weighted by Gasteiger charge is 2.13. The lowest BCUT2D eigenvalue weighted by Gasteiger charge is -2.30. The number of furan rings is 1. The summed E-state index contributed by atoms with van der Waals surface area (Å²) in [6.07, 6.45) is 1.48. The van der Waals surface area contributed by atoms with Gasteiger partial charge in [-0.2, -0.15) is 0 Å². The molecule has 1 aromatic heterocycles. The Bertz CT molecular complexity index is 783. The van der Waals surface area contributed by atoms with Crippen LogP contribution in [0.25, 0.3) is 0 Å². The molecule has 0 unspecified atom stereocenters. The molecule has 0 bridgehead atoms. The predicted molar refractivity (Wildman–Crippen MR) is 134 cm³/mol. The van der Waals surface area contributed by atoms with Crippen molar-refractivity contribution in [2.24, 2.45) is 4.99 Å². The monoisotopic (exact) mass is 527 g/mol. The zero-order valence-corrected chi connectivity index (χ0v) is 20.8. The highest BCUT2D eigenvalue weighted by molar-refractivity contribution is 14.0. The molecule has 0 saturated heterocycles. The Morgan fingerprint density at radius 2 is 1.83 bits per heavy atom. The molecule has 0 saturated carbocycles. The molecule has 7 nitrogen and oxygen atoms in total. The van der Waals surface area contributed by atoms with E-state index in [0.29, 0.717) is 18.6 Å². The van der Waals surface area contributed by atoms with Crippen LogP contribution in [0.3, 0.4) is 0 Å². The first-order valence-electron chi connectivity index (χ1n) is 10.0. The summed E-state index contributed by atoms with van der Waals surface area (Å²) in [5, 5.41) is 9.52. The molecule has 0 aliphatic rings. The van der Waals surface area contributed by atoms with E-state index in [1.54, 1.807) is 19.2 Å². The van der Waals surface area contributed by atoms with E-state index >= 15 is 0 Å². The van der Waals surface area contributed by atoms with Gasteiger partial charge in [-0.1, -0.05) is 12.1 Å². The number of halogens is 1. The van der Waals surface area contributed by atoms with E-state index in [1.165, 1.54) is 6.26 Å². The molecule has 30 heavy (non-hydrogen) atoms. The van der Waals surface area contributed by atoms with Gasteiger partial charge in [0.1, 0.15) is 0 Å². The Hall–Kier alpha value is -2.07. The second-order valence-electron chi connectivity index (χ2n) is 7.41. The van der Waals surface area contributed by atoms with Gasteiger partial charge < -0.3 is 20.4 Å². The SMILES string of the molecule is CN=C(NCCN(C(C)C)C(C)C)NCc1cccc(NC(=O)c2ccco2)c1.I. The highest BCUT2D eigenvalue weighted by atomic mass is 127. The Morgan fingerprint density at radius 1 is 1.10 bits per heavy atom. The summed E-state index contributed by atoms with van der Waals surface area (Å²) >= 11 is 0. The number of carbonyl (C=O) groups is 1. The molecule has 2 aromatic rings. The lowest BCUT2D eigenvalue weighted by atomic mass is 10.2. The van der Waals surface area contributed by atoms with Crippen LogP contribution in [-0.4, -0.2) is 49.0 Å². The summed E-state index contributed by atoms with van der Waals surface area (Å²) in [5.41, 5.74) is 1.76. The number of carbonyl (C=O) groups excluding carboxylic acids is 1. The van der Waals surface area contributed by atoms with Crippen LogP contribution in [0.2, 0.25) is 0 Å². The minimum Gasteiger partial charge on any atom is -0.459 e. The molecule has 0 fully saturated rings. The molecule has 166 valence electrons. The quantitative estimate of drug-likeness (QED) is 0.262. The Kier molecular flexibility index (Phi) is 11.5. The zero-order valence-electron chi connectivity index (χ0n) is 18.4. The number of benzene rings is 1. The van der Waals surface area contributed by atoms with Gasteiger partial charge in [-0.05, 0) is 57.5 Å². The highest BCUT2D eigenvalue weighted by Crippen LogP contribution is 2.12. The Morgan fingerprint density at radius 3 is 2.43 bits per heavy atom. The number of hydrogen-bond donors (Lipinski definition) is 3. The standard InChI is InChI=1S/C22H33N5O2.HI/c1-16(2)27(17(3)4)12-11-24-22(23-5)25-15-18-8-6-9-19(14-18)26-21(28)20-10-7-13-29-20;/h6-10,13-14,16-17H,11-12,15H2,1-5H3,(H,26,28)(H2,23,24,25);1H. The third-order valence-electron chi connectivity index (χ3n) is 4.60. The van der Waals surface area contributed by atoms with Gasteiger partial charge in [0.05, 0.1) is 6.26 Å². The summed E-state index contributed by atoms with van der Waals surface area (Å²) < 4.78 is 5.12. The second-order valence-corrected chi connectivity index (χ2v) is 7.41. The molecule has 8 heteroatoms. The fraction of sp³-hybridized carbons (Fsp3) is 0.455. The molecular weight excluding hydrogens is 493 g/mol. The van der Waals surface area contributed by atoms with Crippen LogP contribution in [0, 0.1) is 0 Å². The van der Waals surface area contributed by atoms with E-state index < -0.39 is 0 Å². The number of hydrogen-bond acceptors (Lipinski definition) is 4. The third-order valence-corrected chi connectivity index (χ3v) is 4.60. The van der Waals surface area contributed by atoms with E-state index in [0.717, 1.165) is 30.3 Å². The topological polar surface area (TPSA) is 81.9 Å². The van der Waals surface area contributed by atoms with E-state index in [9.17, 15) is 4.79 Å². The lowest BCUT2D eigenvalue weighted by molar-refractivity contribution is 0.0996. The molecular formula is C22H34IN5O2. The minimum atomic E-state index is -0.266. The molecule has 0 aliphatic heterocycles. The van der Waals surface area contributed by atoms with Crippen LogP contribution < -0.4 is 16.0 Å². The molecule has 1 heterocycles. The van der Waals surface area contributed by atoms with Crippen LogP contribution >= 0.6 is 24.0 Å². The predicted octanol–water partition coefficient (Wildman–Crippen LogP) is 3.93. The van der Waals surface area contributed by atoms with Crippen molar-refractivity contribution in [3.63, 3.8) is 0 Å². The molecule has 0 spiro atoms. The minimum absolute atomic E-state index is 0. The van der Waals surface area contributed by atoms with E-state index in [1.807, 2.05) is 24.3 Å². The van der Waals surface area contributed by atoms with Gasteiger partial charge in [-0.3, -0.25) is 14.7 Å².